The van der Waals surface area contributed by atoms with E-state index < -0.39 is 0 Å². The molecule has 0 radical (unpaired) electrons. The normalized spacial score (nSPS) is 15.8. The molecule has 1 atom stereocenters. The smallest absolute Gasteiger partial charge is 0.280 e. The summed E-state index contributed by atoms with van der Waals surface area (Å²) in [5, 5.41) is 11.5. The highest BCUT2D eigenvalue weighted by atomic mass is 16.5. The number of carbonyl (C=O) groups excluding carboxylic acids is 1. The zero-order valence-electron chi connectivity index (χ0n) is 18.4. The lowest BCUT2D eigenvalue weighted by Crippen LogP contribution is -2.30. The van der Waals surface area contributed by atoms with Crippen LogP contribution in [0, 0.1) is 0 Å². The van der Waals surface area contributed by atoms with E-state index in [1.165, 1.54) is 6.26 Å². The van der Waals surface area contributed by atoms with Gasteiger partial charge in [-0.15, -0.1) is 0 Å². The average molecular weight is 428 g/mol. The highest BCUT2D eigenvalue weighted by Crippen LogP contribution is 2.47. The largest absolute Gasteiger partial charge is 0.496 e. The Labute approximate surface area is 186 Å². The minimum atomic E-state index is -0.362. The first-order valence-corrected chi connectivity index (χ1v) is 10.5. The molecule has 0 spiro atoms. The summed E-state index contributed by atoms with van der Waals surface area (Å²) in [5.74, 6) is 0.584. The van der Waals surface area contributed by atoms with Crippen LogP contribution >= 0.6 is 0 Å². The molecular weight excluding hydrogens is 404 g/mol. The van der Waals surface area contributed by atoms with Crippen molar-refractivity contribution in [2.75, 3.05) is 12.0 Å². The van der Waals surface area contributed by atoms with Gasteiger partial charge in [-0.3, -0.25) is 14.8 Å². The van der Waals surface area contributed by atoms with Gasteiger partial charge in [0.15, 0.2) is 5.69 Å². The minimum Gasteiger partial charge on any atom is -0.496 e. The van der Waals surface area contributed by atoms with E-state index in [1.54, 1.807) is 18.1 Å². The van der Waals surface area contributed by atoms with Crippen LogP contribution in [0.4, 0.5) is 5.69 Å². The Morgan fingerprint density at radius 1 is 1.06 bits per heavy atom. The molecule has 32 heavy (non-hydrogen) atoms. The number of fused-ring (bicyclic) bond motifs is 1. The van der Waals surface area contributed by atoms with E-state index in [4.69, 9.17) is 9.26 Å². The molecule has 1 amide bonds. The second-order valence-electron chi connectivity index (χ2n) is 8.86. The van der Waals surface area contributed by atoms with Crippen LogP contribution < -0.4 is 9.64 Å². The van der Waals surface area contributed by atoms with Gasteiger partial charge in [-0.05, 0) is 18.2 Å². The van der Waals surface area contributed by atoms with E-state index in [-0.39, 0.29) is 17.4 Å². The predicted octanol–water partition coefficient (Wildman–Crippen LogP) is 5.12. The lowest BCUT2D eigenvalue weighted by Gasteiger charge is -2.29. The Kier molecular flexibility index (Phi) is 4.62. The lowest BCUT2D eigenvalue weighted by molar-refractivity contribution is 0.0988. The Morgan fingerprint density at radius 3 is 2.47 bits per heavy atom. The number of carbonyl (C=O) groups is 1. The third-order valence-electron chi connectivity index (χ3n) is 5.82. The topological polar surface area (TPSA) is 84.2 Å². The minimum absolute atomic E-state index is 0.142. The van der Waals surface area contributed by atoms with Crippen LogP contribution in [0.15, 0.2) is 65.4 Å². The van der Waals surface area contributed by atoms with Crippen LogP contribution in [0.2, 0.25) is 0 Å². The first-order chi connectivity index (χ1) is 15.4. The molecule has 2 aromatic heterocycles. The van der Waals surface area contributed by atoms with Gasteiger partial charge < -0.3 is 9.26 Å². The molecule has 1 N–H and O–H groups in total. The molecule has 2 aromatic carbocycles. The number of benzene rings is 2. The Morgan fingerprint density at radius 2 is 1.81 bits per heavy atom. The van der Waals surface area contributed by atoms with Gasteiger partial charge in [0.25, 0.3) is 5.91 Å². The quantitative estimate of drug-likeness (QED) is 0.488. The number of hydrogen-bond donors (Lipinski definition) is 1. The van der Waals surface area contributed by atoms with Crippen molar-refractivity contribution >= 4 is 11.6 Å². The van der Waals surface area contributed by atoms with Gasteiger partial charge in [0, 0.05) is 39.6 Å². The summed E-state index contributed by atoms with van der Waals surface area (Å²) in [6, 6.07) is 17.0. The SMILES string of the molecule is COc1ccccc1C1c2c(n[nH]c2C(C)(C)C)C(=O)N1c1ccc(-c2ccon2)cc1. The van der Waals surface area contributed by atoms with Gasteiger partial charge in [-0.1, -0.05) is 56.3 Å². The van der Waals surface area contributed by atoms with Gasteiger partial charge in [-0.2, -0.15) is 5.10 Å². The molecule has 5 rings (SSSR count). The van der Waals surface area contributed by atoms with Crippen molar-refractivity contribution in [2.24, 2.45) is 0 Å². The van der Waals surface area contributed by atoms with Crippen LogP contribution in [-0.4, -0.2) is 28.4 Å². The Bertz CT molecular complexity index is 1270. The molecule has 0 fully saturated rings. The van der Waals surface area contributed by atoms with E-state index >= 15 is 0 Å². The van der Waals surface area contributed by atoms with Crippen molar-refractivity contribution in [2.45, 2.75) is 32.2 Å². The standard InChI is InChI=1S/C25H24N4O3/c1-25(2,3)23-20-21(26-27-23)24(30)29(22(20)17-7-5-6-8-19(17)31-4)16-11-9-15(10-12-16)18-13-14-32-28-18/h5-14,22H,1-4H3,(H,26,27). The average Bonchev–Trinajstić information content (AvgIpc) is 3.51. The van der Waals surface area contributed by atoms with Crippen LogP contribution in [0.25, 0.3) is 11.3 Å². The number of nitrogens with zero attached hydrogens (tertiary/aromatic N) is 3. The molecule has 7 heteroatoms. The molecule has 1 aliphatic heterocycles. The second kappa shape index (κ2) is 7.37. The van der Waals surface area contributed by atoms with Crippen molar-refractivity contribution in [3.05, 3.63) is 83.4 Å². The van der Waals surface area contributed by atoms with E-state index in [0.29, 0.717) is 5.69 Å². The summed E-state index contributed by atoms with van der Waals surface area (Å²) < 4.78 is 10.6. The van der Waals surface area contributed by atoms with Gasteiger partial charge >= 0.3 is 0 Å². The van der Waals surface area contributed by atoms with Crippen molar-refractivity contribution in [1.29, 1.82) is 0 Å². The summed E-state index contributed by atoms with van der Waals surface area (Å²) in [7, 11) is 1.65. The van der Waals surface area contributed by atoms with Crippen molar-refractivity contribution in [3.8, 4) is 17.0 Å². The number of hydrogen-bond acceptors (Lipinski definition) is 5. The molecule has 4 aromatic rings. The maximum Gasteiger partial charge on any atom is 0.280 e. The van der Waals surface area contributed by atoms with Crippen molar-refractivity contribution in [3.63, 3.8) is 0 Å². The molecule has 1 aliphatic rings. The fourth-order valence-electron chi connectivity index (χ4n) is 4.32. The maximum absolute atomic E-state index is 13.6. The number of aromatic nitrogens is 3. The summed E-state index contributed by atoms with van der Waals surface area (Å²) in [6.07, 6.45) is 1.54. The Balaban J connectivity index is 1.68. The van der Waals surface area contributed by atoms with Gasteiger partial charge in [0.1, 0.15) is 17.7 Å². The number of methoxy groups -OCH3 is 1. The van der Waals surface area contributed by atoms with Crippen LogP contribution in [0.3, 0.4) is 0 Å². The number of aromatic amines is 1. The predicted molar refractivity (Wildman–Crippen MR) is 121 cm³/mol. The van der Waals surface area contributed by atoms with Crippen LogP contribution in [0.5, 0.6) is 5.75 Å². The number of H-pyrrole nitrogens is 1. The van der Waals surface area contributed by atoms with Crippen molar-refractivity contribution < 1.29 is 14.1 Å². The number of nitrogens with one attached hydrogen (secondary N) is 1. The second-order valence-corrected chi connectivity index (χ2v) is 8.86. The third kappa shape index (κ3) is 3.09. The summed E-state index contributed by atoms with van der Waals surface area (Å²) in [6.45, 7) is 6.33. The number of para-hydroxylation sites is 1. The first kappa shape index (κ1) is 20.1. The molecule has 3 heterocycles. The van der Waals surface area contributed by atoms with E-state index in [1.807, 2.05) is 48.5 Å². The number of ether oxygens (including phenoxy) is 1. The lowest BCUT2D eigenvalue weighted by atomic mass is 9.85. The summed E-state index contributed by atoms with van der Waals surface area (Å²) >= 11 is 0. The van der Waals surface area contributed by atoms with Gasteiger partial charge in [0.2, 0.25) is 0 Å². The molecule has 0 aliphatic carbocycles. The summed E-state index contributed by atoms with van der Waals surface area (Å²) in [5.41, 5.74) is 5.42. The van der Waals surface area contributed by atoms with E-state index in [2.05, 4.69) is 36.1 Å². The molecule has 0 saturated carbocycles. The van der Waals surface area contributed by atoms with Gasteiger partial charge in [0.05, 0.1) is 13.2 Å². The third-order valence-corrected chi connectivity index (χ3v) is 5.82. The molecule has 1 unspecified atom stereocenters. The number of amides is 1. The molecule has 0 bridgehead atoms. The van der Waals surface area contributed by atoms with Crippen molar-refractivity contribution in [1.82, 2.24) is 15.4 Å². The van der Waals surface area contributed by atoms with Crippen LogP contribution in [0.1, 0.15) is 54.1 Å². The van der Waals surface area contributed by atoms with E-state index in [0.717, 1.165) is 39.5 Å². The van der Waals surface area contributed by atoms with Gasteiger partial charge in [-0.25, -0.2) is 0 Å². The fraction of sp³-hybridized carbons (Fsp3) is 0.240. The molecule has 7 nitrogen and oxygen atoms in total. The highest BCUT2D eigenvalue weighted by Gasteiger charge is 2.45. The highest BCUT2D eigenvalue weighted by molar-refractivity contribution is 6.11. The molecular formula is C25H24N4O3. The molecule has 0 saturated heterocycles. The first-order valence-electron chi connectivity index (χ1n) is 10.5. The Hall–Kier alpha value is -3.87. The fourth-order valence-corrected chi connectivity index (χ4v) is 4.32. The number of anilines is 1. The number of rotatable bonds is 4. The monoisotopic (exact) mass is 428 g/mol. The summed E-state index contributed by atoms with van der Waals surface area (Å²) in [4.78, 5) is 15.4. The van der Waals surface area contributed by atoms with Crippen LogP contribution in [-0.2, 0) is 5.41 Å². The van der Waals surface area contributed by atoms with E-state index in [9.17, 15) is 4.79 Å². The molecule has 162 valence electrons. The zero-order chi connectivity index (χ0) is 22.5. The zero-order valence-corrected chi connectivity index (χ0v) is 18.4. The maximum atomic E-state index is 13.6.